The van der Waals surface area contributed by atoms with Crippen LogP contribution in [-0.2, 0) is 4.74 Å². The highest BCUT2D eigenvalue weighted by molar-refractivity contribution is 9.11. The second-order valence-corrected chi connectivity index (χ2v) is 4.08. The molecule has 0 spiro atoms. The summed E-state index contributed by atoms with van der Waals surface area (Å²) in [6.45, 7) is 3.57. The van der Waals surface area contributed by atoms with Crippen LogP contribution in [0.1, 0.15) is 39.5 Å². The SMILES string of the molecule is CCCCC/C(Br)=C(/OCC)C(F)(F)F. The fourth-order valence-corrected chi connectivity index (χ4v) is 1.72. The Labute approximate surface area is 96.8 Å². The van der Waals surface area contributed by atoms with Gasteiger partial charge in [-0.25, -0.2) is 0 Å². The molecule has 90 valence electrons. The third kappa shape index (κ3) is 6.07. The van der Waals surface area contributed by atoms with Crippen LogP contribution in [0.4, 0.5) is 13.2 Å². The van der Waals surface area contributed by atoms with E-state index in [1.165, 1.54) is 6.92 Å². The van der Waals surface area contributed by atoms with Crippen LogP contribution in [0, 0.1) is 0 Å². The van der Waals surface area contributed by atoms with Crippen LogP contribution in [0.5, 0.6) is 0 Å². The van der Waals surface area contributed by atoms with E-state index in [0.717, 1.165) is 19.3 Å². The molecule has 0 aliphatic heterocycles. The minimum Gasteiger partial charge on any atom is -0.489 e. The van der Waals surface area contributed by atoms with E-state index in [4.69, 9.17) is 0 Å². The van der Waals surface area contributed by atoms with E-state index in [9.17, 15) is 13.2 Å². The lowest BCUT2D eigenvalue weighted by Crippen LogP contribution is -2.16. The number of rotatable bonds is 6. The predicted octanol–water partition coefficient (Wildman–Crippen LogP) is 4.77. The standard InChI is InChI=1S/C10H16BrF3O/c1-3-5-6-7-8(11)9(15-4-2)10(12,13)14/h3-7H2,1-2H3/b9-8-. The van der Waals surface area contributed by atoms with E-state index >= 15 is 0 Å². The van der Waals surface area contributed by atoms with Crippen LogP contribution in [-0.4, -0.2) is 12.8 Å². The molecule has 0 radical (unpaired) electrons. The minimum absolute atomic E-state index is 0.0255. The van der Waals surface area contributed by atoms with E-state index in [1.54, 1.807) is 0 Å². The number of allylic oxidation sites excluding steroid dienone is 2. The van der Waals surface area contributed by atoms with Crippen molar-refractivity contribution in [3.05, 3.63) is 10.2 Å². The van der Waals surface area contributed by atoms with Crippen molar-refractivity contribution in [1.82, 2.24) is 0 Å². The van der Waals surface area contributed by atoms with E-state index in [0.29, 0.717) is 6.42 Å². The first-order valence-electron chi connectivity index (χ1n) is 5.02. The zero-order valence-corrected chi connectivity index (χ0v) is 10.5. The Balaban J connectivity index is 4.47. The highest BCUT2D eigenvalue weighted by atomic mass is 79.9. The molecule has 5 heteroatoms. The Hall–Kier alpha value is -0.190. The first-order valence-corrected chi connectivity index (χ1v) is 5.81. The van der Waals surface area contributed by atoms with Crippen molar-refractivity contribution >= 4 is 15.9 Å². The van der Waals surface area contributed by atoms with Gasteiger partial charge in [0.1, 0.15) is 0 Å². The number of unbranched alkanes of at least 4 members (excludes halogenated alkanes) is 2. The van der Waals surface area contributed by atoms with Crippen molar-refractivity contribution in [2.75, 3.05) is 6.61 Å². The van der Waals surface area contributed by atoms with Crippen molar-refractivity contribution in [3.8, 4) is 0 Å². The predicted molar refractivity (Wildman–Crippen MR) is 57.8 cm³/mol. The maximum Gasteiger partial charge on any atom is 0.449 e. The summed E-state index contributed by atoms with van der Waals surface area (Å²) < 4.78 is 42.1. The Kier molecular flexibility index (Phi) is 7.05. The zero-order chi connectivity index (χ0) is 11.9. The van der Waals surface area contributed by atoms with Gasteiger partial charge in [-0.2, -0.15) is 13.2 Å². The molecule has 0 rings (SSSR count). The molecule has 0 saturated heterocycles. The second kappa shape index (κ2) is 7.14. The summed E-state index contributed by atoms with van der Waals surface area (Å²) in [5.74, 6) is -0.888. The topological polar surface area (TPSA) is 9.23 Å². The molecule has 0 heterocycles. The fraction of sp³-hybridized carbons (Fsp3) is 0.800. The average Bonchev–Trinajstić information content (AvgIpc) is 2.12. The van der Waals surface area contributed by atoms with E-state index in [-0.39, 0.29) is 11.1 Å². The summed E-state index contributed by atoms with van der Waals surface area (Å²) in [6, 6.07) is 0. The minimum atomic E-state index is -4.40. The molecule has 0 unspecified atom stereocenters. The first kappa shape index (κ1) is 14.8. The Morgan fingerprint density at radius 1 is 1.20 bits per heavy atom. The Morgan fingerprint density at radius 3 is 2.20 bits per heavy atom. The van der Waals surface area contributed by atoms with Crippen LogP contribution >= 0.6 is 15.9 Å². The maximum absolute atomic E-state index is 12.5. The molecule has 0 saturated carbocycles. The molecule has 0 fully saturated rings. The molecule has 1 nitrogen and oxygen atoms in total. The summed E-state index contributed by atoms with van der Waals surface area (Å²) >= 11 is 2.95. The Bertz CT molecular complexity index is 211. The lowest BCUT2D eigenvalue weighted by Gasteiger charge is -2.14. The summed E-state index contributed by atoms with van der Waals surface area (Å²) in [5.41, 5.74) is 0. The molecule has 0 aromatic carbocycles. The van der Waals surface area contributed by atoms with Gasteiger partial charge in [0.25, 0.3) is 0 Å². The highest BCUT2D eigenvalue weighted by Gasteiger charge is 2.37. The van der Waals surface area contributed by atoms with Gasteiger partial charge in [0.15, 0.2) is 0 Å². The number of alkyl halides is 3. The summed E-state index contributed by atoms with van der Waals surface area (Å²) in [4.78, 5) is 0. The molecular weight excluding hydrogens is 273 g/mol. The number of halogens is 4. The monoisotopic (exact) mass is 288 g/mol. The van der Waals surface area contributed by atoms with Gasteiger partial charge in [-0.15, -0.1) is 0 Å². The molecule has 0 amide bonds. The lowest BCUT2D eigenvalue weighted by molar-refractivity contribution is -0.130. The first-order chi connectivity index (χ1) is 6.93. The van der Waals surface area contributed by atoms with Crippen molar-refractivity contribution in [1.29, 1.82) is 0 Å². The van der Waals surface area contributed by atoms with Crippen LogP contribution in [0.15, 0.2) is 10.2 Å². The molecule has 0 aromatic heterocycles. The van der Waals surface area contributed by atoms with E-state index in [2.05, 4.69) is 20.7 Å². The maximum atomic E-state index is 12.5. The smallest absolute Gasteiger partial charge is 0.449 e. The average molecular weight is 289 g/mol. The molecular formula is C10H16BrF3O. The van der Waals surface area contributed by atoms with Crippen molar-refractivity contribution in [3.63, 3.8) is 0 Å². The van der Waals surface area contributed by atoms with Gasteiger partial charge < -0.3 is 4.74 Å². The third-order valence-electron chi connectivity index (χ3n) is 1.79. The van der Waals surface area contributed by atoms with Crippen LogP contribution in [0.25, 0.3) is 0 Å². The summed E-state index contributed by atoms with van der Waals surface area (Å²) in [5, 5.41) is 0. The molecule has 0 aliphatic rings. The molecule has 15 heavy (non-hydrogen) atoms. The van der Waals surface area contributed by atoms with Gasteiger partial charge in [-0.3, -0.25) is 0 Å². The van der Waals surface area contributed by atoms with Crippen molar-refractivity contribution in [2.24, 2.45) is 0 Å². The quantitative estimate of drug-likeness (QED) is 0.505. The summed E-state index contributed by atoms with van der Waals surface area (Å²) in [6.07, 6.45) is -1.38. The largest absolute Gasteiger partial charge is 0.489 e. The normalized spacial score (nSPS) is 13.7. The molecule has 0 aromatic rings. The van der Waals surface area contributed by atoms with Gasteiger partial charge in [-0.05, 0) is 19.8 Å². The van der Waals surface area contributed by atoms with Crippen LogP contribution in [0.3, 0.4) is 0 Å². The highest BCUT2D eigenvalue weighted by Crippen LogP contribution is 2.33. The van der Waals surface area contributed by atoms with Crippen LogP contribution < -0.4 is 0 Å². The van der Waals surface area contributed by atoms with Gasteiger partial charge in [0.05, 0.1) is 6.61 Å². The molecule has 0 aliphatic carbocycles. The second-order valence-electron chi connectivity index (χ2n) is 3.12. The summed E-state index contributed by atoms with van der Waals surface area (Å²) in [7, 11) is 0. The van der Waals surface area contributed by atoms with Gasteiger partial charge in [-0.1, -0.05) is 35.7 Å². The Morgan fingerprint density at radius 2 is 1.80 bits per heavy atom. The fourth-order valence-electron chi connectivity index (χ4n) is 1.10. The van der Waals surface area contributed by atoms with Crippen LogP contribution in [0.2, 0.25) is 0 Å². The third-order valence-corrected chi connectivity index (χ3v) is 2.55. The lowest BCUT2D eigenvalue weighted by atomic mass is 10.2. The van der Waals surface area contributed by atoms with Gasteiger partial charge in [0, 0.05) is 4.48 Å². The number of hydrogen-bond acceptors (Lipinski definition) is 1. The van der Waals surface area contributed by atoms with Crippen molar-refractivity contribution < 1.29 is 17.9 Å². The van der Waals surface area contributed by atoms with Gasteiger partial charge in [0.2, 0.25) is 5.76 Å². The molecule has 0 atom stereocenters. The molecule has 0 N–H and O–H groups in total. The van der Waals surface area contributed by atoms with Gasteiger partial charge >= 0.3 is 6.18 Å². The number of ether oxygens (including phenoxy) is 1. The molecule has 0 bridgehead atoms. The zero-order valence-electron chi connectivity index (χ0n) is 8.96. The van der Waals surface area contributed by atoms with E-state index < -0.39 is 11.9 Å². The number of hydrogen-bond donors (Lipinski definition) is 0. The van der Waals surface area contributed by atoms with Crippen molar-refractivity contribution in [2.45, 2.75) is 45.7 Å². The van der Waals surface area contributed by atoms with E-state index in [1.807, 2.05) is 6.92 Å².